The van der Waals surface area contributed by atoms with Crippen LogP contribution in [0.25, 0.3) is 0 Å². The van der Waals surface area contributed by atoms with Crippen LogP contribution in [-0.4, -0.2) is 54.7 Å². The lowest BCUT2D eigenvalue weighted by atomic mass is 9.56. The molecule has 0 saturated heterocycles. The van der Waals surface area contributed by atoms with E-state index in [0.717, 1.165) is 0 Å². The maximum Gasteiger partial charge on any atom is 0.255 e. The van der Waals surface area contributed by atoms with Crippen LogP contribution in [0.3, 0.4) is 0 Å². The molecule has 0 aliphatic heterocycles. The highest BCUT2D eigenvalue weighted by atomic mass is 16.4. The molecule has 0 radical (unpaired) electrons. The molecule has 0 bridgehead atoms. The van der Waals surface area contributed by atoms with Crippen LogP contribution in [0, 0.1) is 11.8 Å². The lowest BCUT2D eigenvalue weighted by Crippen LogP contribution is -2.62. The molecule has 1 amide bonds. The third-order valence-electron chi connectivity index (χ3n) is 7.43. The van der Waals surface area contributed by atoms with Crippen LogP contribution in [0.1, 0.15) is 61.5 Å². The molecule has 9 N–H and O–H groups in total. The Hall–Kier alpha value is -3.37. The van der Waals surface area contributed by atoms with Gasteiger partial charge in [-0.1, -0.05) is 27.7 Å². The van der Waals surface area contributed by atoms with E-state index in [1.165, 1.54) is 0 Å². The SMILES string of the molecule is C[C@H]1c2c(N)cc(C(C)(C)C)c(O)c2C(=O)C2=C(O)[C@]3(O)C(=O)C(C(N)=O)=C(O)C[C@@H]3[C@@H](O)[C@@H]21. The molecule has 10 heteroatoms. The molecule has 3 aliphatic carbocycles. The number of allylic oxidation sites excluding steroid dienone is 1. The topological polar surface area (TPSA) is 204 Å². The number of nitrogens with two attached hydrogens (primary N) is 2. The molecule has 3 aliphatic rings. The van der Waals surface area contributed by atoms with Crippen molar-refractivity contribution in [2.45, 2.75) is 57.2 Å². The van der Waals surface area contributed by atoms with Crippen LogP contribution < -0.4 is 11.5 Å². The summed E-state index contributed by atoms with van der Waals surface area (Å²) in [7, 11) is 0. The van der Waals surface area contributed by atoms with Gasteiger partial charge in [-0.05, 0) is 23.0 Å². The Kier molecular flexibility index (Phi) is 4.94. The first-order valence-electron chi connectivity index (χ1n) is 10.9. The molecule has 0 saturated carbocycles. The number of aliphatic hydroxyl groups is 4. The number of hydrogen-bond donors (Lipinski definition) is 7. The smallest absolute Gasteiger partial charge is 0.255 e. The van der Waals surface area contributed by atoms with Crippen molar-refractivity contribution in [3.63, 3.8) is 0 Å². The van der Waals surface area contributed by atoms with Gasteiger partial charge in [-0.3, -0.25) is 14.4 Å². The van der Waals surface area contributed by atoms with E-state index in [9.17, 15) is 39.9 Å². The minimum absolute atomic E-state index is 0.179. The number of primary amides is 1. The van der Waals surface area contributed by atoms with E-state index < -0.39 is 81.4 Å². The Morgan fingerprint density at radius 3 is 2.29 bits per heavy atom. The number of fused-ring (bicyclic) bond motifs is 3. The molecule has 10 nitrogen and oxygen atoms in total. The van der Waals surface area contributed by atoms with Gasteiger partial charge < -0.3 is 37.0 Å². The maximum atomic E-state index is 13.7. The second kappa shape index (κ2) is 7.07. The molecule has 4 rings (SSSR count). The number of carbonyl (C=O) groups is 3. The molecule has 0 spiro atoms. The first-order chi connectivity index (χ1) is 15.6. The van der Waals surface area contributed by atoms with Crippen LogP contribution in [-0.2, 0) is 15.0 Å². The molecule has 0 heterocycles. The molecule has 0 unspecified atom stereocenters. The molecule has 5 atom stereocenters. The number of nitrogen functional groups attached to an aromatic ring is 1. The third-order valence-corrected chi connectivity index (χ3v) is 7.43. The van der Waals surface area contributed by atoms with Crippen LogP contribution in [0.5, 0.6) is 5.75 Å². The average Bonchev–Trinajstić information content (AvgIpc) is 2.71. The van der Waals surface area contributed by atoms with E-state index in [4.69, 9.17) is 11.5 Å². The highest BCUT2D eigenvalue weighted by Crippen LogP contribution is 2.56. The summed E-state index contributed by atoms with van der Waals surface area (Å²) in [5.41, 5.74) is 7.34. The fourth-order valence-electron chi connectivity index (χ4n) is 5.76. The van der Waals surface area contributed by atoms with Gasteiger partial charge in [0.2, 0.25) is 5.78 Å². The number of phenolic OH excluding ortho intramolecular Hbond substituents is 1. The lowest BCUT2D eigenvalue weighted by Gasteiger charge is -2.50. The summed E-state index contributed by atoms with van der Waals surface area (Å²) < 4.78 is 0. The summed E-state index contributed by atoms with van der Waals surface area (Å²) in [5, 5.41) is 55.0. The van der Waals surface area contributed by atoms with Crippen LogP contribution in [0.15, 0.2) is 28.7 Å². The average molecular weight is 472 g/mol. The van der Waals surface area contributed by atoms with E-state index in [0.29, 0.717) is 5.56 Å². The fraction of sp³-hybridized carbons (Fsp3) is 0.458. The van der Waals surface area contributed by atoms with Crippen molar-refractivity contribution in [2.24, 2.45) is 17.6 Å². The summed E-state index contributed by atoms with van der Waals surface area (Å²) in [6.07, 6.45) is -2.13. The number of rotatable bonds is 1. The zero-order chi connectivity index (χ0) is 25.7. The van der Waals surface area contributed by atoms with Crippen LogP contribution >= 0.6 is 0 Å². The van der Waals surface area contributed by atoms with E-state index in [-0.39, 0.29) is 22.6 Å². The predicted molar refractivity (Wildman–Crippen MR) is 120 cm³/mol. The summed E-state index contributed by atoms with van der Waals surface area (Å²) in [4.78, 5) is 38.5. The number of carbonyl (C=O) groups excluding carboxylic acids is 3. The molecule has 34 heavy (non-hydrogen) atoms. The maximum absolute atomic E-state index is 13.7. The summed E-state index contributed by atoms with van der Waals surface area (Å²) in [5.74, 6) is -9.02. The van der Waals surface area contributed by atoms with E-state index in [1.54, 1.807) is 13.0 Å². The summed E-state index contributed by atoms with van der Waals surface area (Å²) >= 11 is 0. The van der Waals surface area contributed by atoms with Crippen molar-refractivity contribution in [3.8, 4) is 5.75 Å². The summed E-state index contributed by atoms with van der Waals surface area (Å²) in [6.45, 7) is 7.07. The largest absolute Gasteiger partial charge is 0.511 e. The van der Waals surface area contributed by atoms with Crippen molar-refractivity contribution in [3.05, 3.63) is 45.4 Å². The normalized spacial score (nSPS) is 31.2. The molecule has 1 aromatic carbocycles. The molecular weight excluding hydrogens is 444 g/mol. The number of Topliss-reactive ketones (excluding diaryl/α,β-unsaturated/α-hetero) is 2. The third kappa shape index (κ3) is 2.78. The molecule has 1 aromatic rings. The van der Waals surface area contributed by atoms with Gasteiger partial charge in [-0.15, -0.1) is 0 Å². The fourth-order valence-corrected chi connectivity index (χ4v) is 5.76. The number of aromatic hydroxyl groups is 1. The van der Waals surface area contributed by atoms with Gasteiger partial charge in [0.25, 0.3) is 5.91 Å². The van der Waals surface area contributed by atoms with Gasteiger partial charge in [0.05, 0.1) is 11.7 Å². The van der Waals surface area contributed by atoms with Crippen molar-refractivity contribution in [2.75, 3.05) is 5.73 Å². The van der Waals surface area contributed by atoms with Crippen molar-refractivity contribution in [1.82, 2.24) is 0 Å². The Labute approximate surface area is 195 Å². The van der Waals surface area contributed by atoms with Gasteiger partial charge in [0.1, 0.15) is 22.8 Å². The number of anilines is 1. The Bertz CT molecular complexity index is 1240. The molecule has 0 fully saturated rings. The number of benzene rings is 1. The molecule has 182 valence electrons. The Morgan fingerprint density at radius 2 is 1.76 bits per heavy atom. The second-order valence-corrected chi connectivity index (χ2v) is 10.4. The van der Waals surface area contributed by atoms with E-state index >= 15 is 0 Å². The summed E-state index contributed by atoms with van der Waals surface area (Å²) in [6, 6.07) is 1.57. The highest BCUT2D eigenvalue weighted by molar-refractivity contribution is 6.24. The zero-order valence-corrected chi connectivity index (χ0v) is 19.2. The predicted octanol–water partition coefficient (Wildman–Crippen LogP) is 0.992. The van der Waals surface area contributed by atoms with Gasteiger partial charge in [-0.25, -0.2) is 0 Å². The van der Waals surface area contributed by atoms with Gasteiger partial charge in [0.15, 0.2) is 11.4 Å². The van der Waals surface area contributed by atoms with E-state index in [2.05, 4.69) is 0 Å². The van der Waals surface area contributed by atoms with Crippen LogP contribution in [0.4, 0.5) is 5.69 Å². The number of amides is 1. The van der Waals surface area contributed by atoms with Gasteiger partial charge in [-0.2, -0.15) is 0 Å². The quantitative estimate of drug-likeness (QED) is 0.176. The van der Waals surface area contributed by atoms with Crippen LogP contribution in [0.2, 0.25) is 0 Å². The number of phenols is 1. The number of hydrogen-bond acceptors (Lipinski definition) is 9. The minimum atomic E-state index is -2.86. The standard InChI is InChI=1S/C24H28N2O8/c1-7-12-10(25)5-8(23(2,3)4)17(28)15(12)19(30)16-13(7)18(29)9-6-11(27)14(22(26)33)20(31)24(9,34)21(16)32/h5,7,9,13,18,27-29,32,34H,6,25H2,1-4H3,(H2,26,33)/t7-,9+,13+,18+,24+/m0/s1. The minimum Gasteiger partial charge on any atom is -0.511 e. The van der Waals surface area contributed by atoms with E-state index in [1.807, 2.05) is 20.8 Å². The Morgan fingerprint density at radius 1 is 1.18 bits per heavy atom. The zero-order valence-electron chi connectivity index (χ0n) is 19.2. The van der Waals surface area contributed by atoms with Gasteiger partial charge in [0, 0.05) is 35.1 Å². The first-order valence-corrected chi connectivity index (χ1v) is 10.9. The Balaban J connectivity index is 2.03. The second-order valence-electron chi connectivity index (χ2n) is 10.4. The van der Waals surface area contributed by atoms with Crippen molar-refractivity contribution >= 4 is 23.2 Å². The monoisotopic (exact) mass is 472 g/mol. The lowest BCUT2D eigenvalue weighted by molar-refractivity contribution is -0.154. The first kappa shape index (κ1) is 23.8. The molecule has 0 aromatic heterocycles. The molecular formula is C24H28N2O8. The number of aliphatic hydroxyl groups excluding tert-OH is 3. The van der Waals surface area contributed by atoms with Crippen molar-refractivity contribution in [1.29, 1.82) is 0 Å². The number of ketones is 2. The van der Waals surface area contributed by atoms with Crippen molar-refractivity contribution < 1.29 is 39.9 Å². The highest BCUT2D eigenvalue weighted by Gasteiger charge is 2.64. The van der Waals surface area contributed by atoms with Gasteiger partial charge >= 0.3 is 0 Å².